The Hall–Kier alpha value is -0.220. The fraction of sp³-hybridized carbons (Fsp3) is 0.929. The number of hydrogen-bond donors (Lipinski definition) is 1. The first-order chi connectivity index (χ1) is 8.53. The molecule has 2 atom stereocenters. The molecule has 1 N–H and O–H groups in total. The average Bonchev–Trinajstić information content (AvgIpc) is 2.73. The summed E-state index contributed by atoms with van der Waals surface area (Å²) >= 11 is 1.92. The molecule has 0 saturated carbocycles. The van der Waals surface area contributed by atoms with E-state index in [2.05, 4.69) is 31.1 Å². The van der Waals surface area contributed by atoms with Crippen molar-refractivity contribution in [1.29, 1.82) is 0 Å². The highest BCUT2D eigenvalue weighted by atomic mass is 32.2. The van der Waals surface area contributed by atoms with Gasteiger partial charge in [-0.1, -0.05) is 32.5 Å². The van der Waals surface area contributed by atoms with Crippen LogP contribution in [0.1, 0.15) is 40.0 Å². The molecule has 3 nitrogen and oxygen atoms in total. The molecule has 2 unspecified atom stereocenters. The molecular formula is C14H26N2OS. The van der Waals surface area contributed by atoms with E-state index >= 15 is 0 Å². The second kappa shape index (κ2) is 6.29. The molecule has 4 heteroatoms. The number of amidine groups is 1. The van der Waals surface area contributed by atoms with Crippen LogP contribution in [0.5, 0.6) is 0 Å². The van der Waals surface area contributed by atoms with E-state index < -0.39 is 0 Å². The summed E-state index contributed by atoms with van der Waals surface area (Å²) in [5.74, 6) is 0.670. The van der Waals surface area contributed by atoms with Crippen LogP contribution in [0, 0.1) is 11.3 Å². The van der Waals surface area contributed by atoms with Crippen LogP contribution in [-0.2, 0) is 4.74 Å². The first kappa shape index (κ1) is 14.2. The van der Waals surface area contributed by atoms with Crippen LogP contribution in [0.15, 0.2) is 4.99 Å². The first-order valence-corrected chi connectivity index (χ1v) is 7.94. The lowest BCUT2D eigenvalue weighted by atomic mass is 9.90. The maximum absolute atomic E-state index is 5.50. The third-order valence-corrected chi connectivity index (χ3v) is 4.50. The van der Waals surface area contributed by atoms with E-state index in [0.29, 0.717) is 16.6 Å². The minimum absolute atomic E-state index is 0.403. The number of aliphatic imine (C=N–C) groups is 1. The average molecular weight is 270 g/mol. The van der Waals surface area contributed by atoms with Crippen molar-refractivity contribution in [1.82, 2.24) is 5.32 Å². The smallest absolute Gasteiger partial charge is 0.156 e. The zero-order chi connectivity index (χ0) is 13.0. The van der Waals surface area contributed by atoms with Gasteiger partial charge in [-0.25, -0.2) is 0 Å². The topological polar surface area (TPSA) is 33.6 Å². The van der Waals surface area contributed by atoms with E-state index in [9.17, 15) is 0 Å². The van der Waals surface area contributed by atoms with Crippen molar-refractivity contribution in [3.63, 3.8) is 0 Å². The van der Waals surface area contributed by atoms with Gasteiger partial charge in [0.05, 0.1) is 13.2 Å². The van der Waals surface area contributed by atoms with Crippen molar-refractivity contribution in [2.45, 2.75) is 45.3 Å². The minimum Gasteiger partial charge on any atom is -0.381 e. The molecule has 0 radical (unpaired) electrons. The van der Waals surface area contributed by atoms with Crippen LogP contribution in [0.2, 0.25) is 0 Å². The van der Waals surface area contributed by atoms with Gasteiger partial charge in [0, 0.05) is 18.4 Å². The molecule has 18 heavy (non-hydrogen) atoms. The molecule has 0 amide bonds. The first-order valence-electron chi connectivity index (χ1n) is 7.06. The van der Waals surface area contributed by atoms with Crippen LogP contribution in [0.3, 0.4) is 0 Å². The monoisotopic (exact) mass is 270 g/mol. The predicted octanol–water partition coefficient (Wildman–Crippen LogP) is 2.91. The predicted molar refractivity (Wildman–Crippen MR) is 79.3 cm³/mol. The Labute approximate surface area is 115 Å². The highest BCUT2D eigenvalue weighted by molar-refractivity contribution is 8.14. The van der Waals surface area contributed by atoms with Gasteiger partial charge in [0.15, 0.2) is 5.17 Å². The van der Waals surface area contributed by atoms with Gasteiger partial charge < -0.3 is 10.1 Å². The third kappa shape index (κ3) is 4.81. The fourth-order valence-electron chi connectivity index (χ4n) is 2.50. The van der Waals surface area contributed by atoms with E-state index in [-0.39, 0.29) is 0 Å². The Morgan fingerprint density at radius 3 is 2.94 bits per heavy atom. The van der Waals surface area contributed by atoms with Crippen molar-refractivity contribution in [2.24, 2.45) is 16.3 Å². The van der Waals surface area contributed by atoms with Crippen LogP contribution in [0.4, 0.5) is 0 Å². The van der Waals surface area contributed by atoms with Crippen molar-refractivity contribution >= 4 is 16.9 Å². The van der Waals surface area contributed by atoms with Crippen molar-refractivity contribution in [2.75, 3.05) is 26.3 Å². The quantitative estimate of drug-likeness (QED) is 0.856. The molecule has 1 saturated heterocycles. The molecule has 104 valence electrons. The number of nitrogens with zero attached hydrogens (tertiary/aromatic N) is 1. The van der Waals surface area contributed by atoms with Gasteiger partial charge in [-0.2, -0.15) is 0 Å². The molecule has 0 bridgehead atoms. The normalized spacial score (nSPS) is 29.2. The van der Waals surface area contributed by atoms with E-state index in [1.54, 1.807) is 0 Å². The summed E-state index contributed by atoms with van der Waals surface area (Å²) in [5.41, 5.74) is 0.403. The second-order valence-corrected chi connectivity index (χ2v) is 7.90. The summed E-state index contributed by atoms with van der Waals surface area (Å²) < 4.78 is 5.50. The standard InChI is InChI=1S/C14H26N2OS/c1-14(2,3)7-12-9-16-13(18-12)15-8-11-5-4-6-17-10-11/h11-12H,4-10H2,1-3H3,(H,15,16). The van der Waals surface area contributed by atoms with Crippen molar-refractivity contribution in [3.8, 4) is 0 Å². The third-order valence-electron chi connectivity index (χ3n) is 3.35. The second-order valence-electron chi connectivity index (χ2n) is 6.61. The Morgan fingerprint density at radius 1 is 1.44 bits per heavy atom. The highest BCUT2D eigenvalue weighted by Gasteiger charge is 2.25. The number of rotatable bonds is 3. The van der Waals surface area contributed by atoms with Crippen LogP contribution < -0.4 is 5.32 Å². The lowest BCUT2D eigenvalue weighted by Gasteiger charge is -2.23. The fourth-order valence-corrected chi connectivity index (χ4v) is 3.87. The van der Waals surface area contributed by atoms with Gasteiger partial charge in [-0.3, -0.25) is 4.99 Å². The van der Waals surface area contributed by atoms with Gasteiger partial charge in [-0.05, 0) is 30.6 Å². The maximum atomic E-state index is 5.50. The molecule has 0 aromatic heterocycles. The van der Waals surface area contributed by atoms with Crippen molar-refractivity contribution in [3.05, 3.63) is 0 Å². The molecule has 2 aliphatic heterocycles. The van der Waals surface area contributed by atoms with Gasteiger partial charge in [0.25, 0.3) is 0 Å². The lowest BCUT2D eigenvalue weighted by Crippen LogP contribution is -2.31. The summed E-state index contributed by atoms with van der Waals surface area (Å²) in [6.45, 7) is 10.8. The summed E-state index contributed by atoms with van der Waals surface area (Å²) in [7, 11) is 0. The van der Waals surface area contributed by atoms with Crippen molar-refractivity contribution < 1.29 is 4.74 Å². The van der Waals surface area contributed by atoms with Gasteiger partial charge in [-0.15, -0.1) is 0 Å². The number of nitrogens with one attached hydrogen (secondary N) is 1. The van der Waals surface area contributed by atoms with E-state index in [1.165, 1.54) is 19.3 Å². The SMILES string of the molecule is CC(C)(C)CC1CN=C(NCC2CCCOC2)S1. The Kier molecular flexibility index (Phi) is 4.96. The summed E-state index contributed by atoms with van der Waals surface area (Å²) in [6.07, 6.45) is 3.73. The van der Waals surface area contributed by atoms with Gasteiger partial charge >= 0.3 is 0 Å². The zero-order valence-electron chi connectivity index (χ0n) is 11.9. The van der Waals surface area contributed by atoms with Crippen LogP contribution in [-0.4, -0.2) is 36.7 Å². The van der Waals surface area contributed by atoms with Gasteiger partial charge in [0.1, 0.15) is 0 Å². The largest absolute Gasteiger partial charge is 0.381 e. The molecule has 0 spiro atoms. The zero-order valence-corrected chi connectivity index (χ0v) is 12.7. The molecule has 2 rings (SSSR count). The Balaban J connectivity index is 1.66. The Morgan fingerprint density at radius 2 is 2.28 bits per heavy atom. The summed E-state index contributed by atoms with van der Waals surface area (Å²) in [5, 5.41) is 5.31. The molecule has 2 aliphatic rings. The molecular weight excluding hydrogens is 244 g/mol. The van der Waals surface area contributed by atoms with Gasteiger partial charge in [0.2, 0.25) is 0 Å². The highest BCUT2D eigenvalue weighted by Crippen LogP contribution is 2.31. The molecule has 0 aliphatic carbocycles. The minimum atomic E-state index is 0.403. The summed E-state index contributed by atoms with van der Waals surface area (Å²) in [4.78, 5) is 4.61. The van der Waals surface area contributed by atoms with E-state index in [4.69, 9.17) is 4.74 Å². The molecule has 0 aromatic rings. The molecule has 1 fully saturated rings. The summed E-state index contributed by atoms with van der Waals surface area (Å²) in [6, 6.07) is 0. The van der Waals surface area contributed by atoms with Crippen LogP contribution >= 0.6 is 11.8 Å². The lowest BCUT2D eigenvalue weighted by molar-refractivity contribution is 0.0565. The Bertz CT molecular complexity index is 293. The number of hydrogen-bond acceptors (Lipinski definition) is 4. The van der Waals surface area contributed by atoms with E-state index in [0.717, 1.165) is 31.5 Å². The molecule has 0 aromatic carbocycles. The number of thioether (sulfide) groups is 1. The van der Waals surface area contributed by atoms with E-state index in [1.807, 2.05) is 11.8 Å². The molecule has 2 heterocycles. The number of ether oxygens (including phenoxy) is 1. The maximum Gasteiger partial charge on any atom is 0.156 e. The van der Waals surface area contributed by atoms with Crippen LogP contribution in [0.25, 0.3) is 0 Å².